The maximum absolute atomic E-state index is 9.75. The molecule has 1 aliphatic carbocycles. The molecule has 0 N–H and O–H groups in total. The lowest BCUT2D eigenvalue weighted by Crippen LogP contribution is -2.36. The van der Waals surface area contributed by atoms with Crippen molar-refractivity contribution in [1.82, 2.24) is 0 Å². The number of hydrogen-bond acceptors (Lipinski definition) is 0. The minimum Gasteiger partial charge on any atom is -0.418 e. The number of benzene rings is 3. The molecule has 0 spiro atoms. The number of pyridine rings is 1. The second-order valence-corrected chi connectivity index (χ2v) is 7.86. The van der Waals surface area contributed by atoms with Crippen LogP contribution in [0.5, 0.6) is 0 Å². The highest BCUT2D eigenvalue weighted by molar-refractivity contribution is 6.50. The summed E-state index contributed by atoms with van der Waals surface area (Å²) in [4.78, 5) is 0. The summed E-state index contributed by atoms with van der Waals surface area (Å²) in [7, 11) is -6.00. The molecule has 0 bridgehead atoms. The molecule has 0 unspecified atom stereocenters. The first kappa shape index (κ1) is 22.1. The third-order valence-corrected chi connectivity index (χ3v) is 5.60. The van der Waals surface area contributed by atoms with Crippen molar-refractivity contribution in [3.05, 3.63) is 107 Å². The lowest BCUT2D eigenvalue weighted by atomic mass is 9.84. The first-order valence-corrected chi connectivity index (χ1v) is 10.5. The molecule has 32 heavy (non-hydrogen) atoms. The van der Waals surface area contributed by atoms with E-state index in [1.807, 2.05) is 12.1 Å². The fourth-order valence-corrected chi connectivity index (χ4v) is 4.20. The van der Waals surface area contributed by atoms with Crippen LogP contribution in [0.25, 0.3) is 28.1 Å². The number of rotatable bonds is 2. The Labute approximate surface area is 189 Å². The minimum atomic E-state index is -6.00. The van der Waals surface area contributed by atoms with E-state index in [-0.39, 0.29) is 0 Å². The van der Waals surface area contributed by atoms with Crippen LogP contribution in [0.4, 0.5) is 17.3 Å². The summed E-state index contributed by atoms with van der Waals surface area (Å²) >= 11 is 6.12. The van der Waals surface area contributed by atoms with Crippen LogP contribution in [0.2, 0.25) is 5.02 Å². The molecule has 0 amide bonds. The maximum Gasteiger partial charge on any atom is 0.673 e. The third kappa shape index (κ3) is 5.02. The molecule has 0 aliphatic heterocycles. The standard InChI is InChI=1S/C25H19ClN.BF4/c26-20-11-13-21(14-12-20)27-17-16-22(18-6-2-1-3-7-18)24-15-10-19-8-4-5-9-23(19)25(24)27;2-1(3,4)5/h1-9,11-14,16-17H,10,15H2;/q+1;-1. The van der Waals surface area contributed by atoms with Crippen molar-refractivity contribution in [2.45, 2.75) is 12.8 Å². The summed E-state index contributed by atoms with van der Waals surface area (Å²) in [6.45, 7) is 0. The Bertz CT molecular complexity index is 1220. The molecular formula is C25H19BClF4N. The Kier molecular flexibility index (Phi) is 6.33. The fraction of sp³-hybridized carbons (Fsp3) is 0.0800. The van der Waals surface area contributed by atoms with Gasteiger partial charge in [0, 0.05) is 28.8 Å². The molecule has 0 saturated carbocycles. The number of aromatic nitrogens is 1. The van der Waals surface area contributed by atoms with Crippen molar-refractivity contribution < 1.29 is 21.8 Å². The van der Waals surface area contributed by atoms with E-state index in [1.165, 1.54) is 33.5 Å². The van der Waals surface area contributed by atoms with Crippen LogP contribution in [0.15, 0.2) is 91.1 Å². The molecule has 1 aromatic heterocycles. The van der Waals surface area contributed by atoms with Gasteiger partial charge in [0.1, 0.15) is 0 Å². The van der Waals surface area contributed by atoms with Gasteiger partial charge in [-0.25, -0.2) is 0 Å². The molecule has 3 aromatic carbocycles. The fourth-order valence-electron chi connectivity index (χ4n) is 4.08. The van der Waals surface area contributed by atoms with Gasteiger partial charge in [-0.15, -0.1) is 0 Å². The van der Waals surface area contributed by atoms with Gasteiger partial charge in [0.05, 0.1) is 5.56 Å². The van der Waals surface area contributed by atoms with Crippen molar-refractivity contribution in [3.63, 3.8) is 0 Å². The Morgan fingerprint density at radius 1 is 0.688 bits per heavy atom. The van der Waals surface area contributed by atoms with Crippen LogP contribution >= 0.6 is 11.6 Å². The third-order valence-electron chi connectivity index (χ3n) is 5.35. The zero-order valence-electron chi connectivity index (χ0n) is 17.0. The molecule has 0 saturated heterocycles. The van der Waals surface area contributed by atoms with Gasteiger partial charge in [-0.1, -0.05) is 60.1 Å². The van der Waals surface area contributed by atoms with Gasteiger partial charge in [0.2, 0.25) is 11.4 Å². The van der Waals surface area contributed by atoms with Gasteiger partial charge in [-0.05, 0) is 47.7 Å². The van der Waals surface area contributed by atoms with E-state index >= 15 is 0 Å². The van der Waals surface area contributed by atoms with E-state index < -0.39 is 7.25 Å². The van der Waals surface area contributed by atoms with E-state index in [0.29, 0.717) is 0 Å². The molecular weight excluding hydrogens is 437 g/mol. The number of fused-ring (bicyclic) bond motifs is 3. The monoisotopic (exact) mass is 455 g/mol. The molecule has 7 heteroatoms. The van der Waals surface area contributed by atoms with Crippen LogP contribution in [-0.4, -0.2) is 7.25 Å². The summed E-state index contributed by atoms with van der Waals surface area (Å²) in [5.41, 5.74) is 9.18. The topological polar surface area (TPSA) is 3.88 Å². The van der Waals surface area contributed by atoms with E-state index in [0.717, 1.165) is 23.6 Å². The second-order valence-electron chi connectivity index (χ2n) is 7.42. The van der Waals surface area contributed by atoms with E-state index in [2.05, 4.69) is 83.6 Å². The molecule has 0 atom stereocenters. The SMILES string of the molecule is Clc1ccc(-[n+]2ccc(-c3ccccc3)c3c2-c2ccccc2CC3)cc1.F[B-](F)(F)F. The smallest absolute Gasteiger partial charge is 0.418 e. The summed E-state index contributed by atoms with van der Waals surface area (Å²) in [5, 5.41) is 0.759. The van der Waals surface area contributed by atoms with Crippen LogP contribution in [0.1, 0.15) is 11.1 Å². The predicted molar refractivity (Wildman–Crippen MR) is 121 cm³/mol. The Balaban J connectivity index is 0.000000444. The van der Waals surface area contributed by atoms with E-state index in [4.69, 9.17) is 11.6 Å². The maximum atomic E-state index is 9.75. The number of hydrogen-bond donors (Lipinski definition) is 0. The van der Waals surface area contributed by atoms with E-state index in [1.54, 1.807) is 0 Å². The zero-order valence-corrected chi connectivity index (χ0v) is 17.7. The molecule has 4 aromatic rings. The minimum absolute atomic E-state index is 0.759. The van der Waals surface area contributed by atoms with Crippen LogP contribution in [0.3, 0.4) is 0 Å². The summed E-state index contributed by atoms with van der Waals surface area (Å²) < 4.78 is 41.3. The van der Waals surface area contributed by atoms with Gasteiger partial charge in [-0.2, -0.15) is 4.57 Å². The van der Waals surface area contributed by atoms with Crippen molar-refractivity contribution in [2.75, 3.05) is 0 Å². The average molecular weight is 456 g/mol. The molecule has 1 heterocycles. The summed E-state index contributed by atoms with van der Waals surface area (Å²) in [5.74, 6) is 0. The summed E-state index contributed by atoms with van der Waals surface area (Å²) in [6, 6.07) is 29.8. The second kappa shape index (κ2) is 9.17. The van der Waals surface area contributed by atoms with Crippen molar-refractivity contribution in [2.24, 2.45) is 0 Å². The molecule has 5 rings (SSSR count). The lowest BCUT2D eigenvalue weighted by Gasteiger charge is -2.20. The molecule has 0 radical (unpaired) electrons. The van der Waals surface area contributed by atoms with Crippen molar-refractivity contribution in [1.29, 1.82) is 0 Å². The molecule has 1 aliphatic rings. The Morgan fingerprint density at radius 3 is 2.00 bits per heavy atom. The van der Waals surface area contributed by atoms with Crippen molar-refractivity contribution >= 4 is 18.9 Å². The van der Waals surface area contributed by atoms with Gasteiger partial charge in [0.15, 0.2) is 6.20 Å². The van der Waals surface area contributed by atoms with Gasteiger partial charge < -0.3 is 17.3 Å². The normalized spacial score (nSPS) is 12.3. The molecule has 0 fully saturated rings. The van der Waals surface area contributed by atoms with Crippen LogP contribution in [0, 0.1) is 0 Å². The van der Waals surface area contributed by atoms with Crippen LogP contribution < -0.4 is 4.57 Å². The first-order valence-electron chi connectivity index (χ1n) is 10.2. The highest BCUT2D eigenvalue weighted by Gasteiger charge is 2.29. The van der Waals surface area contributed by atoms with E-state index in [9.17, 15) is 17.3 Å². The highest BCUT2D eigenvalue weighted by atomic mass is 35.5. The Morgan fingerprint density at radius 2 is 1.31 bits per heavy atom. The van der Waals surface area contributed by atoms with Gasteiger partial charge >= 0.3 is 7.25 Å². The quantitative estimate of drug-likeness (QED) is 0.169. The van der Waals surface area contributed by atoms with Crippen molar-refractivity contribution in [3.8, 4) is 28.1 Å². The van der Waals surface area contributed by atoms with Crippen LogP contribution in [-0.2, 0) is 12.8 Å². The number of aryl methyl sites for hydroxylation is 1. The molecule has 162 valence electrons. The zero-order chi connectivity index (χ0) is 22.7. The lowest BCUT2D eigenvalue weighted by molar-refractivity contribution is -0.584. The average Bonchev–Trinajstić information content (AvgIpc) is 2.78. The van der Waals surface area contributed by atoms with Gasteiger partial charge in [-0.3, -0.25) is 0 Å². The largest absolute Gasteiger partial charge is 0.673 e. The first-order chi connectivity index (χ1) is 15.3. The Hall–Kier alpha value is -3.12. The number of nitrogens with zero attached hydrogens (tertiary/aromatic N) is 1. The summed E-state index contributed by atoms with van der Waals surface area (Å²) in [6.07, 6.45) is 4.31. The number of halogens is 5. The van der Waals surface area contributed by atoms with Gasteiger partial charge in [0.25, 0.3) is 0 Å². The predicted octanol–water partition coefficient (Wildman–Crippen LogP) is 7.35. The highest BCUT2D eigenvalue weighted by Crippen LogP contribution is 2.37. The molecule has 1 nitrogen and oxygen atoms in total.